The number of aromatic nitrogens is 2. The minimum Gasteiger partial charge on any atom is -0.368 e. The minimum atomic E-state index is 0.102. The first kappa shape index (κ1) is 13.9. The zero-order chi connectivity index (χ0) is 13.1. The summed E-state index contributed by atoms with van der Waals surface area (Å²) in [7, 11) is 4.18. The van der Waals surface area contributed by atoms with Crippen LogP contribution in [-0.2, 0) is 6.42 Å². The van der Waals surface area contributed by atoms with Crippen LogP contribution in [0.2, 0.25) is 0 Å². The highest BCUT2D eigenvalue weighted by Crippen LogP contribution is 2.13. The van der Waals surface area contributed by atoms with Crippen LogP contribution in [0.5, 0.6) is 0 Å². The molecule has 0 aliphatic heterocycles. The maximum Gasteiger partial charge on any atom is 0.129 e. The van der Waals surface area contributed by atoms with Gasteiger partial charge in [-0.15, -0.1) is 0 Å². The van der Waals surface area contributed by atoms with Gasteiger partial charge in [0.15, 0.2) is 0 Å². The average Bonchev–Trinajstić information content (AvgIpc) is 2.25. The Morgan fingerprint density at radius 1 is 1.29 bits per heavy atom. The smallest absolute Gasteiger partial charge is 0.129 e. The van der Waals surface area contributed by atoms with Gasteiger partial charge >= 0.3 is 0 Å². The first-order valence-electron chi connectivity index (χ1n) is 6.11. The van der Waals surface area contributed by atoms with E-state index in [-0.39, 0.29) is 5.54 Å². The molecule has 96 valence electrons. The summed E-state index contributed by atoms with van der Waals surface area (Å²) in [5.74, 6) is 1.75. The van der Waals surface area contributed by atoms with Crippen molar-refractivity contribution in [3.8, 4) is 0 Å². The van der Waals surface area contributed by atoms with E-state index in [1.165, 1.54) is 0 Å². The number of likely N-dealkylation sites (N-methyl/N-ethyl adjacent to an activating group) is 1. The number of aryl methyl sites for hydroxylation is 2. The van der Waals surface area contributed by atoms with Crippen molar-refractivity contribution < 1.29 is 0 Å². The molecule has 1 aromatic heterocycles. The second kappa shape index (κ2) is 5.45. The number of rotatable bonds is 5. The van der Waals surface area contributed by atoms with E-state index in [0.717, 1.165) is 30.3 Å². The molecule has 0 saturated heterocycles. The molecular formula is C13H24N4. The van der Waals surface area contributed by atoms with Crippen molar-refractivity contribution in [3.63, 3.8) is 0 Å². The molecule has 0 atom stereocenters. The Hall–Kier alpha value is -1.16. The fourth-order valence-electron chi connectivity index (χ4n) is 1.37. The normalized spacial score (nSPS) is 11.9. The molecule has 0 amide bonds. The van der Waals surface area contributed by atoms with Crippen LogP contribution in [0.25, 0.3) is 0 Å². The summed E-state index contributed by atoms with van der Waals surface area (Å²) < 4.78 is 0. The van der Waals surface area contributed by atoms with E-state index in [4.69, 9.17) is 0 Å². The lowest BCUT2D eigenvalue weighted by molar-refractivity contribution is 0.210. The van der Waals surface area contributed by atoms with Gasteiger partial charge in [-0.2, -0.15) is 0 Å². The third-order valence-electron chi connectivity index (χ3n) is 3.17. The van der Waals surface area contributed by atoms with Crippen LogP contribution in [0, 0.1) is 6.92 Å². The quantitative estimate of drug-likeness (QED) is 0.850. The Morgan fingerprint density at radius 2 is 1.94 bits per heavy atom. The van der Waals surface area contributed by atoms with Crippen LogP contribution in [-0.4, -0.2) is 41.0 Å². The molecule has 1 heterocycles. The fraction of sp³-hybridized carbons (Fsp3) is 0.692. The molecule has 0 aliphatic carbocycles. The Kier molecular flexibility index (Phi) is 4.46. The molecule has 0 saturated carbocycles. The standard InChI is InChI=1S/C13H24N4/c1-7-11-8-12(16-10(2)15-11)14-9-13(3,4)17(5)6/h8H,7,9H2,1-6H3,(H,14,15,16). The van der Waals surface area contributed by atoms with E-state index in [2.05, 4.69) is 55.1 Å². The zero-order valence-electron chi connectivity index (χ0n) is 11.8. The Morgan fingerprint density at radius 3 is 2.47 bits per heavy atom. The molecule has 0 aromatic carbocycles. The molecule has 0 bridgehead atoms. The highest BCUT2D eigenvalue weighted by Gasteiger charge is 2.20. The van der Waals surface area contributed by atoms with E-state index in [1.54, 1.807) is 0 Å². The van der Waals surface area contributed by atoms with E-state index >= 15 is 0 Å². The van der Waals surface area contributed by atoms with Gasteiger partial charge in [-0.3, -0.25) is 0 Å². The lowest BCUT2D eigenvalue weighted by Gasteiger charge is -2.32. The van der Waals surface area contributed by atoms with Crippen LogP contribution in [0.15, 0.2) is 6.07 Å². The summed E-state index contributed by atoms with van der Waals surface area (Å²) in [6.07, 6.45) is 0.940. The number of anilines is 1. The first-order valence-corrected chi connectivity index (χ1v) is 6.11. The molecule has 0 unspecified atom stereocenters. The molecule has 1 aromatic rings. The maximum absolute atomic E-state index is 4.40. The summed E-state index contributed by atoms with van der Waals surface area (Å²) in [5.41, 5.74) is 1.19. The molecule has 4 heteroatoms. The monoisotopic (exact) mass is 236 g/mol. The topological polar surface area (TPSA) is 41.0 Å². The SMILES string of the molecule is CCc1cc(NCC(C)(C)N(C)C)nc(C)n1. The third-order valence-corrected chi connectivity index (χ3v) is 3.17. The number of nitrogens with one attached hydrogen (secondary N) is 1. The predicted molar refractivity (Wildman–Crippen MR) is 72.4 cm³/mol. The molecule has 0 spiro atoms. The molecule has 0 radical (unpaired) electrons. The summed E-state index contributed by atoms with van der Waals surface area (Å²) in [4.78, 5) is 11.0. The summed E-state index contributed by atoms with van der Waals surface area (Å²) in [6, 6.07) is 2.03. The van der Waals surface area contributed by atoms with E-state index in [1.807, 2.05) is 13.0 Å². The van der Waals surface area contributed by atoms with Gasteiger partial charge in [-0.25, -0.2) is 9.97 Å². The van der Waals surface area contributed by atoms with Gasteiger partial charge in [0.05, 0.1) is 0 Å². The third kappa shape index (κ3) is 3.97. The molecular weight excluding hydrogens is 212 g/mol. The maximum atomic E-state index is 4.40. The van der Waals surface area contributed by atoms with Gasteiger partial charge < -0.3 is 10.2 Å². The minimum absolute atomic E-state index is 0.102. The van der Waals surface area contributed by atoms with Crippen LogP contribution in [0.3, 0.4) is 0 Å². The van der Waals surface area contributed by atoms with Crippen molar-refractivity contribution in [2.45, 2.75) is 39.7 Å². The molecule has 4 nitrogen and oxygen atoms in total. The van der Waals surface area contributed by atoms with Crippen molar-refractivity contribution >= 4 is 5.82 Å². The number of nitrogens with zero attached hydrogens (tertiary/aromatic N) is 3. The Bertz CT molecular complexity index is 372. The molecule has 1 rings (SSSR count). The van der Waals surface area contributed by atoms with Crippen molar-refractivity contribution in [1.29, 1.82) is 0 Å². The first-order chi connectivity index (χ1) is 7.85. The summed E-state index contributed by atoms with van der Waals surface area (Å²) in [6.45, 7) is 9.31. The van der Waals surface area contributed by atoms with Crippen molar-refractivity contribution in [2.75, 3.05) is 26.0 Å². The van der Waals surface area contributed by atoms with Crippen molar-refractivity contribution in [1.82, 2.24) is 14.9 Å². The lowest BCUT2D eigenvalue weighted by Crippen LogP contribution is -2.44. The van der Waals surface area contributed by atoms with Crippen LogP contribution >= 0.6 is 0 Å². The van der Waals surface area contributed by atoms with E-state index in [9.17, 15) is 0 Å². The van der Waals surface area contributed by atoms with Crippen LogP contribution < -0.4 is 5.32 Å². The molecule has 1 N–H and O–H groups in total. The Labute approximate surface area is 104 Å². The zero-order valence-corrected chi connectivity index (χ0v) is 11.8. The van der Waals surface area contributed by atoms with Gasteiger partial charge in [0.1, 0.15) is 11.6 Å². The second-order valence-corrected chi connectivity index (χ2v) is 5.21. The lowest BCUT2D eigenvalue weighted by atomic mass is 10.0. The summed E-state index contributed by atoms with van der Waals surface area (Å²) in [5, 5.41) is 3.39. The summed E-state index contributed by atoms with van der Waals surface area (Å²) >= 11 is 0. The Balaban J connectivity index is 2.72. The van der Waals surface area contributed by atoms with Gasteiger partial charge in [-0.1, -0.05) is 6.92 Å². The van der Waals surface area contributed by atoms with Gasteiger partial charge in [0, 0.05) is 23.8 Å². The van der Waals surface area contributed by atoms with Crippen LogP contribution in [0.1, 0.15) is 32.3 Å². The van der Waals surface area contributed by atoms with Crippen LogP contribution in [0.4, 0.5) is 5.82 Å². The van der Waals surface area contributed by atoms with Gasteiger partial charge in [0.2, 0.25) is 0 Å². The highest BCUT2D eigenvalue weighted by molar-refractivity contribution is 5.36. The molecule has 0 fully saturated rings. The van der Waals surface area contributed by atoms with Crippen molar-refractivity contribution in [2.24, 2.45) is 0 Å². The number of hydrogen-bond donors (Lipinski definition) is 1. The fourth-order valence-corrected chi connectivity index (χ4v) is 1.37. The van der Waals surface area contributed by atoms with E-state index < -0.39 is 0 Å². The molecule has 0 aliphatic rings. The van der Waals surface area contributed by atoms with Crippen molar-refractivity contribution in [3.05, 3.63) is 17.6 Å². The molecule has 17 heavy (non-hydrogen) atoms. The highest BCUT2D eigenvalue weighted by atomic mass is 15.2. The van der Waals surface area contributed by atoms with Gasteiger partial charge in [-0.05, 0) is 41.3 Å². The average molecular weight is 236 g/mol. The largest absolute Gasteiger partial charge is 0.368 e. The second-order valence-electron chi connectivity index (χ2n) is 5.21. The van der Waals surface area contributed by atoms with E-state index in [0.29, 0.717) is 0 Å². The number of hydrogen-bond acceptors (Lipinski definition) is 4. The predicted octanol–water partition coefficient (Wildman–Crippen LogP) is 2.10. The van der Waals surface area contributed by atoms with Gasteiger partial charge in [0.25, 0.3) is 0 Å².